The molecule has 1 N–H and O–H groups in total. The predicted molar refractivity (Wildman–Crippen MR) is 107 cm³/mol. The van der Waals surface area contributed by atoms with Gasteiger partial charge in [-0.3, -0.25) is 9.59 Å². The second-order valence-electron chi connectivity index (χ2n) is 5.98. The van der Waals surface area contributed by atoms with E-state index in [9.17, 15) is 9.59 Å². The van der Waals surface area contributed by atoms with Crippen LogP contribution in [0.25, 0.3) is 5.69 Å². The van der Waals surface area contributed by atoms with Crippen LogP contribution in [0.3, 0.4) is 0 Å². The van der Waals surface area contributed by atoms with Crippen LogP contribution in [0.15, 0.2) is 59.1 Å². The van der Waals surface area contributed by atoms with Gasteiger partial charge in [0.15, 0.2) is 12.4 Å². The second kappa shape index (κ2) is 8.18. The van der Waals surface area contributed by atoms with Gasteiger partial charge in [-0.05, 0) is 44.2 Å². The Labute approximate surface area is 165 Å². The predicted octanol–water partition coefficient (Wildman–Crippen LogP) is 4.16. The average Bonchev–Trinajstić information content (AvgIpc) is 3.00. The molecule has 1 heterocycles. The molecule has 1 aromatic heterocycles. The molecule has 1 amide bonds. The number of amides is 1. The minimum atomic E-state index is -0.320. The highest BCUT2D eigenvalue weighted by atomic mass is 79.9. The van der Waals surface area contributed by atoms with Gasteiger partial charge in [0, 0.05) is 16.1 Å². The lowest BCUT2D eigenvalue weighted by Gasteiger charge is -2.10. The molecular formula is C20H18BrN3O3. The van der Waals surface area contributed by atoms with Crippen molar-refractivity contribution in [2.75, 3.05) is 11.9 Å². The van der Waals surface area contributed by atoms with E-state index >= 15 is 0 Å². The van der Waals surface area contributed by atoms with Gasteiger partial charge in [-0.1, -0.05) is 34.1 Å². The summed E-state index contributed by atoms with van der Waals surface area (Å²) in [6, 6.07) is 16.2. The van der Waals surface area contributed by atoms with E-state index in [1.54, 1.807) is 35.0 Å². The average molecular weight is 428 g/mol. The summed E-state index contributed by atoms with van der Waals surface area (Å²) in [5.41, 5.74) is 2.14. The summed E-state index contributed by atoms with van der Waals surface area (Å²) < 4.78 is 8.08. The fourth-order valence-corrected chi connectivity index (χ4v) is 2.91. The van der Waals surface area contributed by atoms with Crippen LogP contribution in [0.5, 0.6) is 5.75 Å². The molecule has 7 heteroatoms. The van der Waals surface area contributed by atoms with Gasteiger partial charge in [0.2, 0.25) is 0 Å². The standard InChI is InChI=1S/C20H18BrN3O3/c1-13-9-19(24(23-13)17-7-4-6-16(21)11-17)22-20(26)12-27-18-8-3-5-15(10-18)14(2)25/h3-11H,12H2,1-2H3,(H,22,26). The molecule has 0 bridgehead atoms. The first kappa shape index (κ1) is 18.8. The van der Waals surface area contributed by atoms with Crippen LogP contribution in [-0.2, 0) is 4.79 Å². The maximum atomic E-state index is 12.3. The number of aryl methyl sites for hydroxylation is 1. The Morgan fingerprint density at radius 3 is 2.67 bits per heavy atom. The Hall–Kier alpha value is -2.93. The number of halogens is 1. The lowest BCUT2D eigenvalue weighted by molar-refractivity contribution is -0.118. The lowest BCUT2D eigenvalue weighted by Crippen LogP contribution is -2.22. The van der Waals surface area contributed by atoms with Crippen LogP contribution in [0.4, 0.5) is 5.82 Å². The van der Waals surface area contributed by atoms with Crippen LogP contribution in [0, 0.1) is 6.92 Å². The van der Waals surface area contributed by atoms with Crippen molar-refractivity contribution in [3.63, 3.8) is 0 Å². The van der Waals surface area contributed by atoms with E-state index in [4.69, 9.17) is 4.74 Å². The fourth-order valence-electron chi connectivity index (χ4n) is 2.53. The molecule has 0 unspecified atom stereocenters. The zero-order valence-electron chi connectivity index (χ0n) is 14.9. The number of ketones is 1. The molecule has 0 aliphatic carbocycles. The number of nitrogens with zero attached hydrogens (tertiary/aromatic N) is 2. The summed E-state index contributed by atoms with van der Waals surface area (Å²) in [4.78, 5) is 23.7. The molecule has 0 atom stereocenters. The minimum absolute atomic E-state index is 0.0571. The van der Waals surface area contributed by atoms with Gasteiger partial charge in [-0.2, -0.15) is 5.10 Å². The van der Waals surface area contributed by atoms with Crippen LogP contribution in [0.1, 0.15) is 23.0 Å². The van der Waals surface area contributed by atoms with Gasteiger partial charge >= 0.3 is 0 Å². The third-order valence-electron chi connectivity index (χ3n) is 3.76. The second-order valence-corrected chi connectivity index (χ2v) is 6.90. The Morgan fingerprint density at radius 2 is 1.93 bits per heavy atom. The molecule has 6 nitrogen and oxygen atoms in total. The van der Waals surface area contributed by atoms with Crippen LogP contribution < -0.4 is 10.1 Å². The van der Waals surface area contributed by atoms with Gasteiger partial charge in [0.05, 0.1) is 11.4 Å². The zero-order chi connectivity index (χ0) is 19.4. The normalized spacial score (nSPS) is 10.5. The van der Waals surface area contributed by atoms with Gasteiger partial charge in [0.25, 0.3) is 5.91 Å². The highest BCUT2D eigenvalue weighted by Crippen LogP contribution is 2.20. The Bertz CT molecular complexity index is 998. The molecule has 138 valence electrons. The summed E-state index contributed by atoms with van der Waals surface area (Å²) in [5, 5.41) is 7.24. The number of Topliss-reactive ketones (excluding diaryl/α,β-unsaturated/α-hetero) is 1. The molecule has 0 saturated heterocycles. The molecule has 27 heavy (non-hydrogen) atoms. The van der Waals surface area contributed by atoms with Gasteiger partial charge in [-0.15, -0.1) is 0 Å². The first-order valence-electron chi connectivity index (χ1n) is 8.28. The molecular weight excluding hydrogens is 410 g/mol. The van der Waals surface area contributed by atoms with E-state index in [0.717, 1.165) is 15.9 Å². The van der Waals surface area contributed by atoms with Crippen molar-refractivity contribution >= 4 is 33.4 Å². The number of hydrogen-bond acceptors (Lipinski definition) is 4. The molecule has 0 aliphatic rings. The zero-order valence-corrected chi connectivity index (χ0v) is 16.5. The number of ether oxygens (including phenoxy) is 1. The van der Waals surface area contributed by atoms with Crippen LogP contribution >= 0.6 is 15.9 Å². The van der Waals surface area contributed by atoms with Crippen molar-refractivity contribution in [2.45, 2.75) is 13.8 Å². The number of nitrogens with one attached hydrogen (secondary N) is 1. The maximum Gasteiger partial charge on any atom is 0.263 e. The monoisotopic (exact) mass is 427 g/mol. The molecule has 0 spiro atoms. The number of rotatable bonds is 6. The van der Waals surface area contributed by atoms with E-state index in [-0.39, 0.29) is 18.3 Å². The third kappa shape index (κ3) is 4.83. The van der Waals surface area contributed by atoms with Crippen molar-refractivity contribution in [1.82, 2.24) is 9.78 Å². The smallest absolute Gasteiger partial charge is 0.263 e. The van der Waals surface area contributed by atoms with Crippen LogP contribution in [-0.4, -0.2) is 28.1 Å². The summed E-state index contributed by atoms with van der Waals surface area (Å²) in [6.45, 7) is 3.16. The Morgan fingerprint density at radius 1 is 1.15 bits per heavy atom. The molecule has 0 radical (unpaired) electrons. The van der Waals surface area contributed by atoms with Crippen molar-refractivity contribution in [3.05, 3.63) is 70.3 Å². The minimum Gasteiger partial charge on any atom is -0.484 e. The van der Waals surface area contributed by atoms with Gasteiger partial charge in [0.1, 0.15) is 11.6 Å². The quantitative estimate of drug-likeness (QED) is 0.599. The largest absolute Gasteiger partial charge is 0.484 e. The molecule has 0 aliphatic heterocycles. The molecule has 0 saturated carbocycles. The van der Waals surface area contributed by atoms with Gasteiger partial charge in [-0.25, -0.2) is 4.68 Å². The summed E-state index contributed by atoms with van der Waals surface area (Å²) in [6.07, 6.45) is 0. The first-order valence-corrected chi connectivity index (χ1v) is 9.08. The fraction of sp³-hybridized carbons (Fsp3) is 0.150. The number of benzene rings is 2. The third-order valence-corrected chi connectivity index (χ3v) is 4.26. The number of hydrogen-bond donors (Lipinski definition) is 1. The van der Waals surface area contributed by atoms with E-state index < -0.39 is 0 Å². The highest BCUT2D eigenvalue weighted by molar-refractivity contribution is 9.10. The van der Waals surface area contributed by atoms with E-state index in [1.165, 1.54) is 6.92 Å². The maximum absolute atomic E-state index is 12.3. The van der Waals surface area contributed by atoms with Crippen molar-refractivity contribution in [3.8, 4) is 11.4 Å². The topological polar surface area (TPSA) is 73.2 Å². The molecule has 3 aromatic rings. The number of carbonyl (C=O) groups is 2. The summed E-state index contributed by atoms with van der Waals surface area (Å²) in [5.74, 6) is 0.642. The highest BCUT2D eigenvalue weighted by Gasteiger charge is 2.12. The van der Waals surface area contributed by atoms with E-state index in [0.29, 0.717) is 17.1 Å². The number of anilines is 1. The Balaban J connectivity index is 1.70. The van der Waals surface area contributed by atoms with E-state index in [2.05, 4.69) is 26.3 Å². The van der Waals surface area contributed by atoms with Gasteiger partial charge < -0.3 is 10.1 Å². The summed E-state index contributed by atoms with van der Waals surface area (Å²) in [7, 11) is 0. The molecule has 2 aromatic carbocycles. The lowest BCUT2D eigenvalue weighted by atomic mass is 10.1. The molecule has 0 fully saturated rings. The van der Waals surface area contributed by atoms with Crippen molar-refractivity contribution in [2.24, 2.45) is 0 Å². The van der Waals surface area contributed by atoms with Crippen molar-refractivity contribution in [1.29, 1.82) is 0 Å². The number of carbonyl (C=O) groups excluding carboxylic acids is 2. The first-order chi connectivity index (χ1) is 12.9. The molecule has 3 rings (SSSR count). The van der Waals surface area contributed by atoms with E-state index in [1.807, 2.05) is 31.2 Å². The van der Waals surface area contributed by atoms with Crippen molar-refractivity contribution < 1.29 is 14.3 Å². The summed E-state index contributed by atoms with van der Waals surface area (Å²) >= 11 is 3.44. The van der Waals surface area contributed by atoms with Crippen LogP contribution in [0.2, 0.25) is 0 Å². The number of aromatic nitrogens is 2. The SMILES string of the molecule is CC(=O)c1cccc(OCC(=O)Nc2cc(C)nn2-c2cccc(Br)c2)c1. The Kier molecular flexibility index (Phi) is 5.71.